The number of rotatable bonds is 16. The molecule has 11 aromatic carbocycles. The molecule has 3 aliphatic rings. The molecule has 3 fully saturated rings. The fourth-order valence-corrected chi connectivity index (χ4v) is 20.9. The molecule has 0 unspecified atom stereocenters. The van der Waals surface area contributed by atoms with Crippen LogP contribution in [-0.4, -0.2) is 66.7 Å². The molecule has 6 aromatic heterocycles. The monoisotopic (exact) mass is 2440 g/mol. The summed E-state index contributed by atoms with van der Waals surface area (Å²) in [6.45, 7) is 22.9. The number of methoxy groups -OCH3 is 1. The Bertz CT molecular complexity index is 6320. The van der Waals surface area contributed by atoms with Crippen molar-refractivity contribution >= 4 is 41.7 Å². The van der Waals surface area contributed by atoms with E-state index in [1.165, 1.54) is 103 Å². The zero-order valence-electron chi connectivity index (χ0n) is 81.6. The molecular formula is C124H123BBrIr3N6O3P-6. The van der Waals surface area contributed by atoms with Crippen molar-refractivity contribution in [2.75, 3.05) is 7.11 Å². The van der Waals surface area contributed by atoms with E-state index in [9.17, 15) is 0 Å². The zero-order chi connectivity index (χ0) is 95.3. The molecule has 0 atom stereocenters. The van der Waals surface area contributed by atoms with Gasteiger partial charge in [0.2, 0.25) is 0 Å². The van der Waals surface area contributed by atoms with Crippen molar-refractivity contribution in [3.05, 3.63) is 451 Å². The van der Waals surface area contributed by atoms with Gasteiger partial charge in [0.1, 0.15) is 5.75 Å². The number of benzene rings is 11. The fourth-order valence-electron chi connectivity index (χ4n) is 16.6. The smallest absolute Gasteiger partial charge is 0.475 e. The average Bonchev–Trinajstić information content (AvgIpc) is 1.70. The van der Waals surface area contributed by atoms with E-state index >= 15 is 0 Å². The van der Waals surface area contributed by atoms with Gasteiger partial charge in [-0.05, 0) is 228 Å². The molecule has 0 bridgehead atoms. The second-order valence-corrected chi connectivity index (χ2v) is 39.3. The summed E-state index contributed by atoms with van der Waals surface area (Å²) in [5.41, 5.74) is 28.3. The summed E-state index contributed by atoms with van der Waals surface area (Å²) < 4.78 is 19.2. The van der Waals surface area contributed by atoms with Crippen LogP contribution in [0, 0.1) is 76.9 Å². The van der Waals surface area contributed by atoms with Crippen LogP contribution in [0.15, 0.2) is 381 Å². The molecule has 1 saturated heterocycles. The fraction of sp³-hybridized carbons (Fsp3) is 0.226. The van der Waals surface area contributed by atoms with E-state index in [0.717, 1.165) is 129 Å². The Hall–Kier alpha value is -11.0. The number of halogens is 1. The third-order valence-electron chi connectivity index (χ3n) is 24.2. The van der Waals surface area contributed by atoms with Gasteiger partial charge < -0.3 is 43.9 Å². The van der Waals surface area contributed by atoms with Crippen LogP contribution in [0.25, 0.3) is 101 Å². The molecule has 9 nitrogen and oxygen atoms in total. The summed E-state index contributed by atoms with van der Waals surface area (Å²) in [5.74, 6) is 1.66. The van der Waals surface area contributed by atoms with Crippen LogP contribution in [-0.2, 0) is 76.0 Å². The molecule has 20 rings (SSSR count). The first-order chi connectivity index (χ1) is 66.2. The van der Waals surface area contributed by atoms with Crippen LogP contribution in [0.2, 0.25) is 0 Å². The maximum absolute atomic E-state index is 6.11. The summed E-state index contributed by atoms with van der Waals surface area (Å²) in [4.78, 5) is 26.9. The number of aromatic nitrogens is 6. The Kier molecular flexibility index (Phi) is 45.1. The summed E-state index contributed by atoms with van der Waals surface area (Å²) in [6.07, 6.45) is 17.2. The Morgan fingerprint density at radius 3 is 1.15 bits per heavy atom. The summed E-state index contributed by atoms with van der Waals surface area (Å²) in [7, 11) is 1.33. The summed E-state index contributed by atoms with van der Waals surface area (Å²) in [6, 6.07) is 144. The first kappa shape index (κ1) is 110. The van der Waals surface area contributed by atoms with E-state index in [4.69, 9.17) is 14.0 Å². The van der Waals surface area contributed by atoms with Gasteiger partial charge in [-0.15, -0.1) is 214 Å². The molecule has 2 saturated carbocycles. The van der Waals surface area contributed by atoms with Crippen molar-refractivity contribution in [3.63, 3.8) is 0 Å². The van der Waals surface area contributed by atoms with Crippen molar-refractivity contribution in [2.45, 2.75) is 169 Å². The van der Waals surface area contributed by atoms with Crippen LogP contribution >= 0.6 is 23.9 Å². The molecule has 15 heteroatoms. The molecule has 0 amide bonds. The number of hydrogen-bond donors (Lipinski definition) is 0. The molecule has 17 aromatic rings. The Balaban J connectivity index is 0.000000167. The number of pyridine rings is 6. The van der Waals surface area contributed by atoms with Gasteiger partial charge in [0.15, 0.2) is 0 Å². The average molecular weight is 2440 g/mol. The standard InChI is InChI=1S/C26H35OP.C18H21BNO2.C18H14N.C17H12N.C15H16N.2C12H10N.C6H5Br.3Ir/c1-20-12-11-18-24(27-2)26(20)23-17-9-10-19-25(23)28(21-13-5-3-6-14-21)22-15-7-4-8-16-22;1-13-8-6-11-16(20-13)14-9-7-10-15(12-14)19-21-17(2,3)18(4,5)22-19;1-14-7-5-12-18(19-14)17-11-6-10-16(13-17)15-8-3-2-4-9-15;1-2-7-14(8-3-1)15-9-6-10-16(13-15)17-11-4-5-12-18-17;1-12(2)11-14-9-6-10-15(16-14)13-7-4-3-5-8-13;2*1-10-6-5-9-12(13-10)11-7-3-2-4-8-11;7-6-4-2-1-3-5-6;;;/h9-12,17-19,21-22H,3-8,13-16H2,1-2H3;6-8,10-12H,1-5H3;2-10,12-13H,1H3;1-9,11-13H;3-7,9-10,12H,11H2,1-2H3;2*2-7,9H,1H3;1-5H;;;/q;6*-1;;;;. The van der Waals surface area contributed by atoms with Gasteiger partial charge in [-0.3, -0.25) is 0 Å². The van der Waals surface area contributed by atoms with E-state index in [1.54, 1.807) is 11.5 Å². The predicted octanol–water partition coefficient (Wildman–Crippen LogP) is 31.2. The number of aryl methyl sites for hydroxylation is 5. The number of nitrogens with zero attached hydrogens (tertiary/aromatic N) is 6. The van der Waals surface area contributed by atoms with Crippen molar-refractivity contribution in [3.8, 4) is 107 Å². The van der Waals surface area contributed by atoms with Gasteiger partial charge in [0, 0.05) is 105 Å². The minimum atomic E-state index is -0.358. The molecule has 7 heterocycles. The topological polar surface area (TPSA) is 105 Å². The molecule has 0 spiro atoms. The van der Waals surface area contributed by atoms with Crippen molar-refractivity contribution < 1.29 is 74.4 Å². The third kappa shape index (κ3) is 33.6. The van der Waals surface area contributed by atoms with E-state index in [0.29, 0.717) is 5.92 Å². The minimum Gasteiger partial charge on any atom is -0.496 e. The quantitative estimate of drug-likeness (QED) is 0.0531. The van der Waals surface area contributed by atoms with Gasteiger partial charge in [0.25, 0.3) is 0 Å². The first-order valence-corrected chi connectivity index (χ1v) is 49.8. The Morgan fingerprint density at radius 2 is 0.741 bits per heavy atom. The van der Waals surface area contributed by atoms with E-state index in [1.807, 2.05) is 290 Å². The van der Waals surface area contributed by atoms with Crippen LogP contribution in [0.1, 0.15) is 140 Å². The van der Waals surface area contributed by atoms with Crippen molar-refractivity contribution in [2.24, 2.45) is 5.92 Å². The maximum Gasteiger partial charge on any atom is 0.475 e. The van der Waals surface area contributed by atoms with Crippen molar-refractivity contribution in [1.29, 1.82) is 0 Å². The van der Waals surface area contributed by atoms with Crippen molar-refractivity contribution in [1.82, 2.24) is 29.9 Å². The van der Waals surface area contributed by atoms with Gasteiger partial charge in [-0.1, -0.05) is 264 Å². The summed E-state index contributed by atoms with van der Waals surface area (Å²) >= 11 is 3.31. The van der Waals surface area contributed by atoms with E-state index in [2.05, 4.69) is 246 Å². The number of hydrogen-bond acceptors (Lipinski definition) is 9. The molecule has 139 heavy (non-hydrogen) atoms. The van der Waals surface area contributed by atoms with Gasteiger partial charge in [-0.2, -0.15) is 0 Å². The Morgan fingerprint density at radius 1 is 0.367 bits per heavy atom. The van der Waals surface area contributed by atoms with Gasteiger partial charge in [-0.25, -0.2) is 0 Å². The van der Waals surface area contributed by atoms with Gasteiger partial charge >= 0.3 is 7.12 Å². The van der Waals surface area contributed by atoms with Crippen LogP contribution in [0.5, 0.6) is 5.75 Å². The molecule has 3 radical (unpaired) electrons. The zero-order valence-corrected chi connectivity index (χ0v) is 91.3. The minimum absolute atomic E-state index is 0. The van der Waals surface area contributed by atoms with E-state index in [-0.39, 0.29) is 86.6 Å². The molecule has 0 N–H and O–H groups in total. The van der Waals surface area contributed by atoms with Crippen LogP contribution < -0.4 is 15.5 Å². The molecule has 715 valence electrons. The largest absolute Gasteiger partial charge is 0.496 e. The second kappa shape index (κ2) is 57.0. The molecule has 1 aliphatic heterocycles. The normalized spacial score (nSPS) is 13.2. The Labute approximate surface area is 878 Å². The molecule has 2 aliphatic carbocycles. The third-order valence-corrected chi connectivity index (χ3v) is 28.3. The van der Waals surface area contributed by atoms with Gasteiger partial charge in [0.05, 0.1) is 18.3 Å². The second-order valence-electron chi connectivity index (χ2n) is 35.6. The van der Waals surface area contributed by atoms with Crippen LogP contribution in [0.3, 0.4) is 0 Å². The van der Waals surface area contributed by atoms with E-state index < -0.39 is 0 Å². The predicted molar refractivity (Wildman–Crippen MR) is 573 cm³/mol. The summed E-state index contributed by atoms with van der Waals surface area (Å²) in [5, 5.41) is 1.66. The number of ether oxygens (including phenoxy) is 1. The SMILES string of the molecule is Brc1ccccc1.CC(C)Cc1cccc(-c2[c-]cccc2)n1.COc1cccc(C)c1-c1ccccc1P(C1CCCCC1)C1CCCCC1.Cc1cccc(-c2[c-]ccc(-c3ccccc3)c2)n1.Cc1cccc(-c2[c-]ccc(B3OC(C)(C)C(C)(C)O3)c2)n1.Cc1cccc(-c2[c-]cccc2)n1.Cc1cccc(-c2[c-]cccc2)n1.[Ir].[Ir].[Ir].[c-]1ccc(-c2ccccc2)cc1-c1ccccn1. The first-order valence-electron chi connectivity index (χ1n) is 47.5. The molecular weight excluding hydrogens is 2320 g/mol. The van der Waals surface area contributed by atoms with Crippen LogP contribution in [0.4, 0.5) is 0 Å². The maximum atomic E-state index is 6.11.